The number of nitrogens with zero attached hydrogens (tertiary/aromatic N) is 3. The maximum Gasteiger partial charge on any atom is 0.410 e. The molecule has 37 heavy (non-hydrogen) atoms. The van der Waals surface area contributed by atoms with E-state index in [1.54, 1.807) is 0 Å². The number of hydrogen-bond acceptors (Lipinski definition) is 3. The quantitative estimate of drug-likeness (QED) is 0.317. The Morgan fingerprint density at radius 2 is 1.54 bits per heavy atom. The van der Waals surface area contributed by atoms with Crippen LogP contribution in [0.1, 0.15) is 67.9 Å². The predicted octanol–water partition coefficient (Wildman–Crippen LogP) is 8.55. The van der Waals surface area contributed by atoms with Crippen molar-refractivity contribution in [1.82, 2.24) is 9.13 Å². The van der Waals surface area contributed by atoms with Crippen LogP contribution in [0.2, 0.25) is 16.6 Å². The van der Waals surface area contributed by atoms with Gasteiger partial charge in [0.05, 0.1) is 6.54 Å². The Hall–Kier alpha value is -2.73. The third-order valence-electron chi connectivity index (χ3n) is 8.07. The highest BCUT2D eigenvalue weighted by Crippen LogP contribution is 2.45. The number of rotatable bonds is 5. The van der Waals surface area contributed by atoms with Gasteiger partial charge in [-0.2, -0.15) is 0 Å². The first-order valence-electron chi connectivity index (χ1n) is 13.8. The molecule has 2 heterocycles. The van der Waals surface area contributed by atoms with Gasteiger partial charge in [-0.05, 0) is 78.8 Å². The fourth-order valence-electron chi connectivity index (χ4n) is 6.74. The lowest BCUT2D eigenvalue weighted by Gasteiger charge is -2.44. The topological polar surface area (TPSA) is 37.7 Å². The van der Waals surface area contributed by atoms with E-state index < -0.39 is 13.8 Å². The normalized spacial score (nSPS) is 15.0. The fraction of sp³-hybridized carbons (Fsp3) is 0.516. The molecular formula is C31H45N3O2Si. The highest BCUT2D eigenvalue weighted by Gasteiger charge is 2.45. The summed E-state index contributed by atoms with van der Waals surface area (Å²) in [6, 6.07) is 17.6. The molecule has 0 N–H and O–H groups in total. The number of anilines is 2. The summed E-state index contributed by atoms with van der Waals surface area (Å²) in [4.78, 5) is 17.2. The number of benzene rings is 2. The van der Waals surface area contributed by atoms with E-state index in [-0.39, 0.29) is 6.09 Å². The van der Waals surface area contributed by atoms with Gasteiger partial charge in [0.15, 0.2) is 8.24 Å². The summed E-state index contributed by atoms with van der Waals surface area (Å²) >= 11 is 0. The molecule has 0 fully saturated rings. The highest BCUT2D eigenvalue weighted by molar-refractivity contribution is 6.82. The summed E-state index contributed by atoms with van der Waals surface area (Å²) in [5.41, 5.74) is 6.13. The standard InChI is InChI=1S/C31H45N3O2Si/c1-22(2)37(23(3)4,24(5)6)34-17-16-25-14-15-27(20-29(25)34)33-19-18-32(30(35)36-31(7,8)9)21-26-12-10-11-13-28(26)33/h10-17,20,22-24H,18-19,21H2,1-9H3. The first-order valence-corrected chi connectivity index (χ1v) is 16.0. The van der Waals surface area contributed by atoms with E-state index in [1.807, 2.05) is 25.7 Å². The minimum absolute atomic E-state index is 0.255. The van der Waals surface area contributed by atoms with E-state index >= 15 is 0 Å². The Morgan fingerprint density at radius 1 is 0.892 bits per heavy atom. The first kappa shape index (κ1) is 27.3. The van der Waals surface area contributed by atoms with Gasteiger partial charge < -0.3 is 18.8 Å². The van der Waals surface area contributed by atoms with E-state index in [4.69, 9.17) is 4.74 Å². The summed E-state index contributed by atoms with van der Waals surface area (Å²) in [6.45, 7) is 22.1. The minimum atomic E-state index is -1.89. The minimum Gasteiger partial charge on any atom is -0.444 e. The second kappa shape index (κ2) is 10.2. The van der Waals surface area contributed by atoms with Gasteiger partial charge in [0.1, 0.15) is 5.60 Å². The molecule has 1 amide bonds. The Balaban J connectivity index is 1.79. The van der Waals surface area contributed by atoms with Crippen molar-refractivity contribution in [3.8, 4) is 0 Å². The predicted molar refractivity (Wildman–Crippen MR) is 158 cm³/mol. The second-order valence-corrected chi connectivity index (χ2v) is 18.2. The van der Waals surface area contributed by atoms with Gasteiger partial charge in [-0.25, -0.2) is 4.79 Å². The smallest absolute Gasteiger partial charge is 0.410 e. The second-order valence-electron chi connectivity index (χ2n) is 12.5. The molecule has 0 saturated heterocycles. The lowest BCUT2D eigenvalue weighted by Crippen LogP contribution is -2.51. The van der Waals surface area contributed by atoms with Crippen molar-refractivity contribution in [2.24, 2.45) is 0 Å². The molecule has 0 spiro atoms. The summed E-state index contributed by atoms with van der Waals surface area (Å²) in [5.74, 6) is 0. The van der Waals surface area contributed by atoms with E-state index in [9.17, 15) is 4.79 Å². The number of ether oxygens (including phenoxy) is 1. The molecule has 0 bridgehead atoms. The molecule has 4 rings (SSSR count). The van der Waals surface area contributed by atoms with Crippen LogP contribution in [-0.2, 0) is 11.3 Å². The van der Waals surface area contributed by atoms with Gasteiger partial charge in [0, 0.05) is 30.0 Å². The largest absolute Gasteiger partial charge is 0.444 e. The van der Waals surface area contributed by atoms with Crippen molar-refractivity contribution in [3.63, 3.8) is 0 Å². The molecule has 0 unspecified atom stereocenters. The molecule has 0 saturated carbocycles. The van der Waals surface area contributed by atoms with Gasteiger partial charge in [-0.3, -0.25) is 0 Å². The van der Waals surface area contributed by atoms with Crippen molar-refractivity contribution < 1.29 is 9.53 Å². The average Bonchev–Trinajstić information content (AvgIpc) is 3.10. The van der Waals surface area contributed by atoms with Crippen molar-refractivity contribution in [2.45, 2.75) is 91.1 Å². The maximum atomic E-state index is 13.0. The molecule has 0 atom stereocenters. The summed E-state index contributed by atoms with van der Waals surface area (Å²) in [7, 11) is -1.89. The number of aromatic nitrogens is 1. The third kappa shape index (κ3) is 5.05. The van der Waals surface area contributed by atoms with Gasteiger partial charge in [0.2, 0.25) is 0 Å². The van der Waals surface area contributed by atoms with Crippen LogP contribution in [0.4, 0.5) is 16.2 Å². The molecule has 0 radical (unpaired) electrons. The van der Waals surface area contributed by atoms with Crippen molar-refractivity contribution in [3.05, 3.63) is 60.3 Å². The number of carbonyl (C=O) groups is 1. The van der Waals surface area contributed by atoms with Crippen LogP contribution in [0, 0.1) is 0 Å². The zero-order valence-electron chi connectivity index (χ0n) is 24.2. The number of carbonyl (C=O) groups excluding carboxylic acids is 1. The third-order valence-corrected chi connectivity index (χ3v) is 14.8. The number of fused-ring (bicyclic) bond motifs is 2. The van der Waals surface area contributed by atoms with Crippen LogP contribution < -0.4 is 4.90 Å². The van der Waals surface area contributed by atoms with Crippen LogP contribution in [0.15, 0.2) is 54.7 Å². The van der Waals surface area contributed by atoms with Crippen molar-refractivity contribution >= 4 is 36.6 Å². The van der Waals surface area contributed by atoms with Crippen LogP contribution in [0.3, 0.4) is 0 Å². The fourth-order valence-corrected chi connectivity index (χ4v) is 13.4. The van der Waals surface area contributed by atoms with Crippen LogP contribution in [-0.4, -0.2) is 42.2 Å². The molecule has 1 aliphatic heterocycles. The first-order chi connectivity index (χ1) is 17.4. The highest BCUT2D eigenvalue weighted by atomic mass is 28.3. The summed E-state index contributed by atoms with van der Waals surface area (Å²) in [6.07, 6.45) is 2.09. The maximum absolute atomic E-state index is 13.0. The zero-order chi connectivity index (χ0) is 27.1. The summed E-state index contributed by atoms with van der Waals surface area (Å²) in [5, 5.41) is 1.29. The lowest BCUT2D eigenvalue weighted by molar-refractivity contribution is 0.0244. The van der Waals surface area contributed by atoms with Gasteiger partial charge >= 0.3 is 6.09 Å². The average molecular weight is 520 g/mol. The SMILES string of the molecule is CC(C)[Si](C(C)C)(C(C)C)n1ccc2ccc(N3CCN(C(=O)OC(C)(C)C)Cc4ccccc43)cc21. The summed E-state index contributed by atoms with van der Waals surface area (Å²) < 4.78 is 8.41. The molecule has 1 aromatic heterocycles. The van der Waals surface area contributed by atoms with Crippen molar-refractivity contribution in [1.29, 1.82) is 0 Å². The molecule has 0 aliphatic carbocycles. The van der Waals surface area contributed by atoms with Crippen molar-refractivity contribution in [2.75, 3.05) is 18.0 Å². The zero-order valence-corrected chi connectivity index (χ0v) is 25.2. The monoisotopic (exact) mass is 519 g/mol. The Kier molecular flexibility index (Phi) is 7.53. The Labute approximate surface area is 224 Å². The van der Waals surface area contributed by atoms with E-state index in [2.05, 4.69) is 105 Å². The number of para-hydroxylation sites is 1. The number of hydrogen-bond donors (Lipinski definition) is 0. The van der Waals surface area contributed by atoms with E-state index in [0.29, 0.717) is 36.3 Å². The van der Waals surface area contributed by atoms with E-state index in [1.165, 1.54) is 16.6 Å². The number of amides is 1. The van der Waals surface area contributed by atoms with Crippen LogP contribution in [0.25, 0.3) is 10.9 Å². The van der Waals surface area contributed by atoms with Gasteiger partial charge in [-0.1, -0.05) is 65.8 Å². The molecule has 3 aromatic rings. The van der Waals surface area contributed by atoms with Crippen LogP contribution >= 0.6 is 0 Å². The lowest BCUT2D eigenvalue weighted by atomic mass is 10.1. The molecule has 1 aliphatic rings. The van der Waals surface area contributed by atoms with Gasteiger partial charge in [-0.15, -0.1) is 0 Å². The molecule has 2 aromatic carbocycles. The van der Waals surface area contributed by atoms with Gasteiger partial charge in [0.25, 0.3) is 0 Å². The molecule has 5 nitrogen and oxygen atoms in total. The van der Waals surface area contributed by atoms with E-state index in [0.717, 1.165) is 11.3 Å². The molecule has 200 valence electrons. The molecule has 6 heteroatoms. The Bertz CT molecular complexity index is 1230. The van der Waals surface area contributed by atoms with Crippen LogP contribution in [0.5, 0.6) is 0 Å². The molecular weight excluding hydrogens is 474 g/mol. The Morgan fingerprint density at radius 3 is 2.16 bits per heavy atom.